The van der Waals surface area contributed by atoms with Crippen molar-refractivity contribution >= 4 is 12.2 Å². The van der Waals surface area contributed by atoms with Gasteiger partial charge in [-0.2, -0.15) is 0 Å². The largest absolute Gasteiger partial charge is 0.444 e. The van der Waals surface area contributed by atoms with Gasteiger partial charge in [-0.15, -0.1) is 0 Å². The van der Waals surface area contributed by atoms with Crippen LogP contribution in [-0.4, -0.2) is 82.8 Å². The number of rotatable bonds is 4. The van der Waals surface area contributed by atoms with E-state index in [-0.39, 0.29) is 25.4 Å². The molecule has 188 valence electrons. The summed E-state index contributed by atoms with van der Waals surface area (Å²) in [6.07, 6.45) is 5.16. The fourth-order valence-corrected chi connectivity index (χ4v) is 3.83. The normalized spacial score (nSPS) is 18.6. The van der Waals surface area contributed by atoms with E-state index in [0.29, 0.717) is 11.8 Å². The number of amides is 2. The molecule has 2 aliphatic rings. The Bertz CT molecular complexity index is 504. The second-order valence-corrected chi connectivity index (χ2v) is 10.8. The summed E-state index contributed by atoms with van der Waals surface area (Å²) in [6, 6.07) is 0. The molecule has 2 heterocycles. The zero-order valence-corrected chi connectivity index (χ0v) is 21.1. The summed E-state index contributed by atoms with van der Waals surface area (Å²) in [7, 11) is 0. The minimum absolute atomic E-state index is 0.213. The maximum Gasteiger partial charge on any atom is 0.410 e. The van der Waals surface area contributed by atoms with Crippen molar-refractivity contribution in [1.82, 2.24) is 9.80 Å². The first-order valence-electron chi connectivity index (χ1n) is 12.0. The Morgan fingerprint density at radius 1 is 0.688 bits per heavy atom. The average Bonchev–Trinajstić information content (AvgIpc) is 2.67. The number of aliphatic hydroxyl groups excluding tert-OH is 2. The fraction of sp³-hybridized carbons (Fsp3) is 0.917. The molecule has 0 bridgehead atoms. The Kier molecular flexibility index (Phi) is 11.8. The van der Waals surface area contributed by atoms with Crippen LogP contribution in [0.4, 0.5) is 9.59 Å². The Morgan fingerprint density at radius 2 is 0.969 bits per heavy atom. The van der Waals surface area contributed by atoms with Crippen LogP contribution in [0.15, 0.2) is 0 Å². The SMILES string of the molecule is CC(C)(C)OC(=O)N1CCC(CCO)CC1.CC(C)(C)OC(=O)N1CCC(CCO)CC1. The van der Waals surface area contributed by atoms with Gasteiger partial charge in [0.1, 0.15) is 11.2 Å². The summed E-state index contributed by atoms with van der Waals surface area (Å²) < 4.78 is 10.6. The van der Waals surface area contributed by atoms with Crippen LogP contribution >= 0.6 is 0 Å². The zero-order valence-electron chi connectivity index (χ0n) is 21.1. The van der Waals surface area contributed by atoms with E-state index in [0.717, 1.165) is 64.7 Å². The lowest BCUT2D eigenvalue weighted by Gasteiger charge is -2.33. The summed E-state index contributed by atoms with van der Waals surface area (Å²) >= 11 is 0. The van der Waals surface area contributed by atoms with Gasteiger partial charge >= 0.3 is 12.2 Å². The van der Waals surface area contributed by atoms with E-state index in [1.807, 2.05) is 41.5 Å². The van der Waals surface area contributed by atoms with Crippen LogP contribution in [0.3, 0.4) is 0 Å². The van der Waals surface area contributed by atoms with Crippen molar-refractivity contribution < 1.29 is 29.3 Å². The highest BCUT2D eigenvalue weighted by Gasteiger charge is 2.27. The van der Waals surface area contributed by atoms with Crippen LogP contribution in [0.5, 0.6) is 0 Å². The number of aliphatic hydroxyl groups is 2. The van der Waals surface area contributed by atoms with Crippen LogP contribution in [0, 0.1) is 11.8 Å². The third-order valence-electron chi connectivity index (χ3n) is 5.61. The van der Waals surface area contributed by atoms with Crippen LogP contribution < -0.4 is 0 Å². The fourth-order valence-electron chi connectivity index (χ4n) is 3.83. The molecule has 2 amide bonds. The van der Waals surface area contributed by atoms with Crippen molar-refractivity contribution in [3.05, 3.63) is 0 Å². The number of piperidine rings is 2. The molecule has 2 saturated heterocycles. The van der Waals surface area contributed by atoms with Crippen molar-refractivity contribution in [2.75, 3.05) is 39.4 Å². The van der Waals surface area contributed by atoms with Gasteiger partial charge in [-0.25, -0.2) is 9.59 Å². The minimum Gasteiger partial charge on any atom is -0.444 e. The van der Waals surface area contributed by atoms with Crippen molar-refractivity contribution in [3.8, 4) is 0 Å². The summed E-state index contributed by atoms with van der Waals surface area (Å²) in [4.78, 5) is 27.0. The first kappa shape index (κ1) is 28.5. The molecule has 0 spiro atoms. The lowest BCUT2D eigenvalue weighted by atomic mass is 9.94. The molecule has 2 fully saturated rings. The third-order valence-corrected chi connectivity index (χ3v) is 5.61. The predicted octanol–water partition coefficient (Wildman–Crippen LogP) is 4.03. The van der Waals surface area contributed by atoms with Gasteiger partial charge < -0.3 is 29.5 Å². The van der Waals surface area contributed by atoms with E-state index in [1.165, 1.54) is 0 Å². The molecule has 2 aliphatic heterocycles. The molecule has 0 atom stereocenters. The number of ether oxygens (including phenoxy) is 2. The topological polar surface area (TPSA) is 99.5 Å². The number of hydrogen-bond acceptors (Lipinski definition) is 6. The number of likely N-dealkylation sites (tertiary alicyclic amines) is 2. The molecule has 0 radical (unpaired) electrons. The minimum atomic E-state index is -0.418. The molecule has 0 aromatic carbocycles. The molecule has 0 saturated carbocycles. The summed E-state index contributed by atoms with van der Waals surface area (Å²) in [5.74, 6) is 1.12. The van der Waals surface area contributed by atoms with Gasteiger partial charge in [-0.05, 0) is 91.9 Å². The zero-order chi connectivity index (χ0) is 24.4. The van der Waals surface area contributed by atoms with E-state index in [2.05, 4.69) is 0 Å². The van der Waals surface area contributed by atoms with Gasteiger partial charge in [-0.1, -0.05) is 0 Å². The number of nitrogens with zero attached hydrogens (tertiary/aromatic N) is 2. The average molecular weight is 459 g/mol. The molecule has 32 heavy (non-hydrogen) atoms. The molecular formula is C24H46N2O6. The van der Waals surface area contributed by atoms with Crippen molar-refractivity contribution in [1.29, 1.82) is 0 Å². The third kappa shape index (κ3) is 11.9. The molecule has 0 aliphatic carbocycles. The maximum absolute atomic E-state index is 11.7. The van der Waals surface area contributed by atoms with Crippen molar-refractivity contribution in [2.24, 2.45) is 11.8 Å². The van der Waals surface area contributed by atoms with Crippen molar-refractivity contribution in [3.63, 3.8) is 0 Å². The number of carbonyl (C=O) groups is 2. The molecular weight excluding hydrogens is 412 g/mol. The number of carbonyl (C=O) groups excluding carboxylic acids is 2. The lowest BCUT2D eigenvalue weighted by molar-refractivity contribution is 0.0165. The van der Waals surface area contributed by atoms with Gasteiger partial charge in [0.15, 0.2) is 0 Å². The Balaban J connectivity index is 0.000000320. The molecule has 0 unspecified atom stereocenters. The van der Waals surface area contributed by atoms with E-state index >= 15 is 0 Å². The standard InChI is InChI=1S/2C12H23NO3/c2*1-12(2,3)16-11(15)13-7-4-10(5-8-13)6-9-14/h2*10,14H,4-9H2,1-3H3. The quantitative estimate of drug-likeness (QED) is 0.660. The predicted molar refractivity (Wildman–Crippen MR) is 124 cm³/mol. The van der Waals surface area contributed by atoms with E-state index in [9.17, 15) is 9.59 Å². The Hall–Kier alpha value is -1.54. The highest BCUT2D eigenvalue weighted by atomic mass is 16.6. The Labute approximate surface area is 194 Å². The van der Waals surface area contributed by atoms with Gasteiger partial charge in [0.25, 0.3) is 0 Å². The highest BCUT2D eigenvalue weighted by Crippen LogP contribution is 2.22. The van der Waals surface area contributed by atoms with Crippen molar-refractivity contribution in [2.45, 2.75) is 91.3 Å². The van der Waals surface area contributed by atoms with Crippen LogP contribution in [0.1, 0.15) is 80.1 Å². The smallest absolute Gasteiger partial charge is 0.410 e. The molecule has 8 nitrogen and oxygen atoms in total. The van der Waals surface area contributed by atoms with E-state index in [1.54, 1.807) is 9.80 Å². The summed E-state index contributed by atoms with van der Waals surface area (Å²) in [5, 5.41) is 17.7. The van der Waals surface area contributed by atoms with Crippen LogP contribution in [0.25, 0.3) is 0 Å². The molecule has 2 rings (SSSR count). The maximum atomic E-state index is 11.7. The lowest BCUT2D eigenvalue weighted by Crippen LogP contribution is -2.41. The second kappa shape index (κ2) is 13.2. The van der Waals surface area contributed by atoms with Gasteiger partial charge in [0, 0.05) is 39.4 Å². The monoisotopic (exact) mass is 458 g/mol. The summed E-state index contributed by atoms with van der Waals surface area (Å²) in [6.45, 7) is 14.8. The number of hydrogen-bond donors (Lipinski definition) is 2. The molecule has 8 heteroatoms. The molecule has 0 aromatic heterocycles. The summed E-state index contributed by atoms with van der Waals surface area (Å²) in [5.41, 5.74) is -0.835. The van der Waals surface area contributed by atoms with Crippen LogP contribution in [-0.2, 0) is 9.47 Å². The van der Waals surface area contributed by atoms with Crippen LogP contribution in [0.2, 0.25) is 0 Å². The second-order valence-electron chi connectivity index (χ2n) is 10.8. The van der Waals surface area contributed by atoms with Gasteiger partial charge in [0.05, 0.1) is 0 Å². The molecule has 2 N–H and O–H groups in total. The first-order valence-corrected chi connectivity index (χ1v) is 12.0. The Morgan fingerprint density at radius 3 is 1.19 bits per heavy atom. The molecule has 0 aromatic rings. The van der Waals surface area contributed by atoms with E-state index in [4.69, 9.17) is 19.7 Å². The van der Waals surface area contributed by atoms with Gasteiger partial charge in [0.2, 0.25) is 0 Å². The van der Waals surface area contributed by atoms with Gasteiger partial charge in [-0.3, -0.25) is 0 Å². The first-order chi connectivity index (χ1) is 14.8. The highest BCUT2D eigenvalue weighted by molar-refractivity contribution is 5.68. The van der Waals surface area contributed by atoms with E-state index < -0.39 is 11.2 Å².